The van der Waals surface area contributed by atoms with Crippen LogP contribution in [0.15, 0.2) is 36.4 Å². The van der Waals surface area contributed by atoms with E-state index in [4.69, 9.17) is 9.47 Å². The average Bonchev–Trinajstić information content (AvgIpc) is 2.74. The van der Waals surface area contributed by atoms with Crippen molar-refractivity contribution in [3.05, 3.63) is 59.2 Å². The molecule has 162 valence electrons. The minimum atomic E-state index is -1.04. The number of hydrogen-bond donors (Lipinski definition) is 0. The second-order valence-corrected chi connectivity index (χ2v) is 8.14. The smallest absolute Gasteiger partial charge is 0.349 e. The predicted molar refractivity (Wildman–Crippen MR) is 113 cm³/mol. The van der Waals surface area contributed by atoms with Gasteiger partial charge in [-0.05, 0) is 79.5 Å². The van der Waals surface area contributed by atoms with E-state index in [-0.39, 0.29) is 11.7 Å². The summed E-state index contributed by atoms with van der Waals surface area (Å²) in [6.45, 7) is 2.20. The number of carbonyl (C=O) groups excluding carboxylic acids is 1. The SMILES string of the molecule is CCCCCC1CCC(c2cc(F)c(C(=O)Oc3ccc(OC)cc3)c(F)c2)CC1. The molecule has 1 fully saturated rings. The van der Waals surface area contributed by atoms with Crippen LogP contribution < -0.4 is 9.47 Å². The van der Waals surface area contributed by atoms with E-state index < -0.39 is 23.2 Å². The van der Waals surface area contributed by atoms with Crippen LogP contribution in [0.5, 0.6) is 11.5 Å². The van der Waals surface area contributed by atoms with Crippen molar-refractivity contribution < 1.29 is 23.0 Å². The van der Waals surface area contributed by atoms with Crippen molar-refractivity contribution >= 4 is 5.97 Å². The summed E-state index contributed by atoms with van der Waals surface area (Å²) >= 11 is 0. The van der Waals surface area contributed by atoms with Crippen LogP contribution in [0.2, 0.25) is 0 Å². The molecule has 0 N–H and O–H groups in total. The first-order valence-electron chi connectivity index (χ1n) is 10.9. The zero-order valence-electron chi connectivity index (χ0n) is 17.8. The molecule has 0 aliphatic heterocycles. The highest BCUT2D eigenvalue weighted by Gasteiger charge is 2.26. The fourth-order valence-electron chi connectivity index (χ4n) is 4.29. The second kappa shape index (κ2) is 10.6. The molecular weight excluding hydrogens is 386 g/mol. The minimum absolute atomic E-state index is 0.142. The molecule has 3 rings (SSSR count). The summed E-state index contributed by atoms with van der Waals surface area (Å²) in [5.74, 6) is -1.12. The maximum atomic E-state index is 14.7. The van der Waals surface area contributed by atoms with Crippen molar-refractivity contribution in [3.63, 3.8) is 0 Å². The maximum absolute atomic E-state index is 14.7. The zero-order valence-corrected chi connectivity index (χ0v) is 17.8. The van der Waals surface area contributed by atoms with Gasteiger partial charge in [0.15, 0.2) is 0 Å². The molecule has 1 aliphatic rings. The summed E-state index contributed by atoms with van der Waals surface area (Å²) < 4.78 is 39.5. The van der Waals surface area contributed by atoms with Crippen LogP contribution in [0.1, 0.15) is 80.1 Å². The van der Waals surface area contributed by atoms with Gasteiger partial charge < -0.3 is 9.47 Å². The van der Waals surface area contributed by atoms with E-state index in [1.807, 2.05) is 0 Å². The summed E-state index contributed by atoms with van der Waals surface area (Å²) in [6.07, 6.45) is 9.07. The molecule has 0 spiro atoms. The molecule has 0 saturated heterocycles. The average molecular weight is 417 g/mol. The van der Waals surface area contributed by atoms with Crippen LogP contribution in [0, 0.1) is 17.6 Å². The summed E-state index contributed by atoms with van der Waals surface area (Å²) in [5.41, 5.74) is -0.0131. The molecule has 0 unspecified atom stereocenters. The van der Waals surface area contributed by atoms with Gasteiger partial charge in [-0.3, -0.25) is 0 Å². The molecule has 0 amide bonds. The van der Waals surface area contributed by atoms with Gasteiger partial charge in [0.25, 0.3) is 0 Å². The first kappa shape index (κ1) is 22.3. The highest BCUT2D eigenvalue weighted by Crippen LogP contribution is 2.38. The van der Waals surface area contributed by atoms with E-state index in [9.17, 15) is 13.6 Å². The van der Waals surface area contributed by atoms with E-state index in [2.05, 4.69) is 6.92 Å². The Morgan fingerprint density at radius 3 is 2.13 bits per heavy atom. The normalized spacial score (nSPS) is 18.8. The van der Waals surface area contributed by atoms with Gasteiger partial charge in [-0.25, -0.2) is 13.6 Å². The fraction of sp³-hybridized carbons (Fsp3) is 0.480. The van der Waals surface area contributed by atoms with Crippen molar-refractivity contribution in [2.45, 2.75) is 64.2 Å². The molecule has 2 aromatic rings. The summed E-state index contributed by atoms with van der Waals surface area (Å²) in [5, 5.41) is 0. The number of benzene rings is 2. The molecule has 3 nitrogen and oxygen atoms in total. The molecule has 0 heterocycles. The number of esters is 1. The molecule has 0 atom stereocenters. The van der Waals surface area contributed by atoms with Gasteiger partial charge in [0.05, 0.1) is 7.11 Å². The van der Waals surface area contributed by atoms with Gasteiger partial charge in [0.1, 0.15) is 28.7 Å². The van der Waals surface area contributed by atoms with E-state index in [1.54, 1.807) is 12.1 Å². The van der Waals surface area contributed by atoms with Gasteiger partial charge in [0.2, 0.25) is 0 Å². The Morgan fingerprint density at radius 2 is 1.57 bits per heavy atom. The number of methoxy groups -OCH3 is 1. The molecule has 5 heteroatoms. The van der Waals surface area contributed by atoms with Crippen LogP contribution in [-0.2, 0) is 0 Å². The lowest BCUT2D eigenvalue weighted by Crippen LogP contribution is -2.16. The van der Waals surface area contributed by atoms with Crippen molar-refractivity contribution in [1.29, 1.82) is 0 Å². The van der Waals surface area contributed by atoms with Crippen molar-refractivity contribution in [3.8, 4) is 11.5 Å². The molecule has 0 aromatic heterocycles. The van der Waals surface area contributed by atoms with Crippen LogP contribution in [-0.4, -0.2) is 13.1 Å². The highest BCUT2D eigenvalue weighted by atomic mass is 19.1. The fourth-order valence-corrected chi connectivity index (χ4v) is 4.29. The Hall–Kier alpha value is -2.43. The van der Waals surface area contributed by atoms with Gasteiger partial charge in [-0.15, -0.1) is 0 Å². The lowest BCUT2D eigenvalue weighted by molar-refractivity contribution is 0.0724. The molecule has 0 bridgehead atoms. The maximum Gasteiger partial charge on any atom is 0.349 e. The van der Waals surface area contributed by atoms with Gasteiger partial charge in [0, 0.05) is 0 Å². The van der Waals surface area contributed by atoms with Crippen LogP contribution >= 0.6 is 0 Å². The third kappa shape index (κ3) is 5.59. The number of rotatable bonds is 8. The van der Waals surface area contributed by atoms with E-state index in [0.717, 1.165) is 31.6 Å². The number of hydrogen-bond acceptors (Lipinski definition) is 3. The monoisotopic (exact) mass is 416 g/mol. The standard InChI is InChI=1S/C25H30F2O3/c1-3-4-5-6-17-7-9-18(10-8-17)19-15-22(26)24(23(27)16-19)25(28)30-21-13-11-20(29-2)12-14-21/h11-18H,3-10H2,1-2H3. The largest absolute Gasteiger partial charge is 0.497 e. The minimum Gasteiger partial charge on any atom is -0.497 e. The van der Waals surface area contributed by atoms with Crippen molar-refractivity contribution in [2.24, 2.45) is 5.92 Å². The molecular formula is C25H30F2O3. The summed E-state index contributed by atoms with van der Waals surface area (Å²) in [6, 6.07) is 8.85. The predicted octanol–water partition coefficient (Wildman–Crippen LogP) is 7.05. The lowest BCUT2D eigenvalue weighted by Gasteiger charge is -2.29. The summed E-state index contributed by atoms with van der Waals surface area (Å²) in [4.78, 5) is 12.3. The van der Waals surface area contributed by atoms with Crippen LogP contribution in [0.4, 0.5) is 8.78 Å². The van der Waals surface area contributed by atoms with E-state index >= 15 is 0 Å². The third-order valence-electron chi connectivity index (χ3n) is 6.07. The number of ether oxygens (including phenoxy) is 2. The number of carbonyl (C=O) groups is 1. The number of unbranched alkanes of at least 4 members (excludes halogenated alkanes) is 2. The Kier molecular flexibility index (Phi) is 7.83. The van der Waals surface area contributed by atoms with Gasteiger partial charge in [-0.2, -0.15) is 0 Å². The topological polar surface area (TPSA) is 35.5 Å². The number of halogens is 2. The van der Waals surface area contributed by atoms with Crippen LogP contribution in [0.3, 0.4) is 0 Å². The molecule has 2 aromatic carbocycles. The van der Waals surface area contributed by atoms with Gasteiger partial charge in [-0.1, -0.05) is 32.6 Å². The first-order valence-corrected chi connectivity index (χ1v) is 10.9. The quantitative estimate of drug-likeness (QED) is 0.263. The Morgan fingerprint density at radius 1 is 0.967 bits per heavy atom. The van der Waals surface area contributed by atoms with Crippen LogP contribution in [0.25, 0.3) is 0 Å². The summed E-state index contributed by atoms with van der Waals surface area (Å²) in [7, 11) is 1.52. The van der Waals surface area contributed by atoms with Crippen molar-refractivity contribution in [1.82, 2.24) is 0 Å². The molecule has 1 aliphatic carbocycles. The molecule has 1 saturated carbocycles. The Balaban J connectivity index is 1.64. The van der Waals surface area contributed by atoms with Gasteiger partial charge >= 0.3 is 5.97 Å². The second-order valence-electron chi connectivity index (χ2n) is 8.14. The molecule has 30 heavy (non-hydrogen) atoms. The van der Waals surface area contributed by atoms with E-state index in [0.29, 0.717) is 11.3 Å². The Labute approximate surface area is 177 Å². The van der Waals surface area contributed by atoms with E-state index in [1.165, 1.54) is 57.1 Å². The zero-order chi connectivity index (χ0) is 21.5. The lowest BCUT2D eigenvalue weighted by atomic mass is 9.77. The Bertz CT molecular complexity index is 817. The van der Waals surface area contributed by atoms with Crippen molar-refractivity contribution in [2.75, 3.05) is 7.11 Å². The molecule has 0 radical (unpaired) electrons. The third-order valence-corrected chi connectivity index (χ3v) is 6.07. The first-order chi connectivity index (χ1) is 14.5. The highest BCUT2D eigenvalue weighted by molar-refractivity contribution is 5.91.